The van der Waals surface area contributed by atoms with Gasteiger partial charge in [0.25, 0.3) is 0 Å². The molecule has 1 aromatic heterocycles. The molecule has 108 valence electrons. The van der Waals surface area contributed by atoms with E-state index in [1.807, 2.05) is 31.2 Å². The van der Waals surface area contributed by atoms with E-state index in [0.29, 0.717) is 0 Å². The number of anilines is 1. The molecular weight excluding hydrogens is 268 g/mol. The zero-order chi connectivity index (χ0) is 15.2. The van der Waals surface area contributed by atoms with Crippen LogP contribution in [0.15, 0.2) is 36.9 Å². The minimum atomic E-state index is -1.07. The molecule has 1 fully saturated rings. The second-order valence-electron chi connectivity index (χ2n) is 5.70. The predicted molar refractivity (Wildman–Crippen MR) is 76.5 cm³/mol. The summed E-state index contributed by atoms with van der Waals surface area (Å²) in [4.78, 5) is 30.8. The van der Waals surface area contributed by atoms with Gasteiger partial charge in [0.15, 0.2) is 11.9 Å². The Bertz CT molecular complexity index is 706. The van der Waals surface area contributed by atoms with Gasteiger partial charge in [0.05, 0.1) is 0 Å². The molecule has 6 nitrogen and oxygen atoms in total. The quantitative estimate of drug-likeness (QED) is 0.788. The van der Waals surface area contributed by atoms with E-state index in [2.05, 4.69) is 10.1 Å². The molecule has 1 amide bonds. The Labute approximate surface area is 122 Å². The van der Waals surface area contributed by atoms with E-state index in [-0.39, 0.29) is 11.7 Å². The Balaban J connectivity index is 2.18. The molecule has 21 heavy (non-hydrogen) atoms. The lowest BCUT2D eigenvalue weighted by Crippen LogP contribution is -2.34. The first kappa shape index (κ1) is 13.5. The SMILES string of the molecule is Cc1ccccc1N1C(=O)C(C)(C)C(=O)C1n1cncn1. The number of aryl methyl sites for hydroxylation is 1. The molecule has 0 N–H and O–H groups in total. The number of benzene rings is 1. The number of aromatic nitrogens is 3. The molecule has 3 rings (SSSR count). The number of hydrogen-bond acceptors (Lipinski definition) is 4. The maximum atomic E-state index is 12.7. The van der Waals surface area contributed by atoms with Crippen molar-refractivity contribution in [2.75, 3.05) is 4.90 Å². The van der Waals surface area contributed by atoms with Crippen LogP contribution in [0.2, 0.25) is 0 Å². The van der Waals surface area contributed by atoms with Crippen LogP contribution in [0, 0.1) is 12.3 Å². The zero-order valence-electron chi connectivity index (χ0n) is 12.1. The van der Waals surface area contributed by atoms with E-state index in [0.717, 1.165) is 11.3 Å². The summed E-state index contributed by atoms with van der Waals surface area (Å²) in [6.07, 6.45) is 2.04. The number of para-hydroxylation sites is 1. The van der Waals surface area contributed by atoms with E-state index >= 15 is 0 Å². The number of carbonyl (C=O) groups is 2. The second kappa shape index (κ2) is 4.51. The van der Waals surface area contributed by atoms with Gasteiger partial charge in [-0.1, -0.05) is 18.2 Å². The number of rotatable bonds is 2. The van der Waals surface area contributed by atoms with Crippen LogP contribution in [0.1, 0.15) is 25.6 Å². The smallest absolute Gasteiger partial charge is 0.242 e. The van der Waals surface area contributed by atoms with Gasteiger partial charge in [-0.2, -0.15) is 5.10 Å². The van der Waals surface area contributed by atoms with Crippen molar-refractivity contribution in [2.24, 2.45) is 5.41 Å². The van der Waals surface area contributed by atoms with Crippen molar-refractivity contribution >= 4 is 17.4 Å². The number of nitrogens with zero attached hydrogens (tertiary/aromatic N) is 4. The largest absolute Gasteiger partial charge is 0.294 e. The third kappa shape index (κ3) is 1.86. The second-order valence-corrected chi connectivity index (χ2v) is 5.70. The van der Waals surface area contributed by atoms with Crippen molar-refractivity contribution in [1.82, 2.24) is 14.8 Å². The first-order valence-corrected chi connectivity index (χ1v) is 6.72. The average molecular weight is 284 g/mol. The fraction of sp³-hybridized carbons (Fsp3) is 0.333. The highest BCUT2D eigenvalue weighted by molar-refractivity contribution is 6.21. The number of hydrogen-bond donors (Lipinski definition) is 0. The lowest BCUT2D eigenvalue weighted by molar-refractivity contribution is -0.133. The Hall–Kier alpha value is -2.50. The molecule has 0 saturated carbocycles. The standard InChI is InChI=1S/C15H16N4O2/c1-10-6-4-5-7-11(10)19-13(18-9-16-8-17-18)12(20)15(2,3)14(19)21/h4-9,13H,1-3H3. The fourth-order valence-electron chi connectivity index (χ4n) is 2.61. The highest BCUT2D eigenvalue weighted by atomic mass is 16.2. The third-order valence-corrected chi connectivity index (χ3v) is 3.91. The number of carbonyl (C=O) groups excluding carboxylic acids is 2. The summed E-state index contributed by atoms with van der Waals surface area (Å²) in [7, 11) is 0. The van der Waals surface area contributed by atoms with E-state index in [1.165, 1.54) is 22.2 Å². The monoisotopic (exact) mass is 284 g/mol. The first-order chi connectivity index (χ1) is 9.94. The molecule has 2 heterocycles. The van der Waals surface area contributed by atoms with E-state index in [9.17, 15) is 9.59 Å². The van der Waals surface area contributed by atoms with Crippen molar-refractivity contribution in [1.29, 1.82) is 0 Å². The highest BCUT2D eigenvalue weighted by Crippen LogP contribution is 2.41. The van der Waals surface area contributed by atoms with Crippen LogP contribution < -0.4 is 4.90 Å². The Morgan fingerprint density at radius 2 is 1.90 bits per heavy atom. The van der Waals surface area contributed by atoms with Gasteiger partial charge in [0, 0.05) is 5.69 Å². The summed E-state index contributed by atoms with van der Waals surface area (Å²) in [6.45, 7) is 5.22. The van der Waals surface area contributed by atoms with Crippen molar-refractivity contribution < 1.29 is 9.59 Å². The minimum Gasteiger partial charge on any atom is -0.294 e. The summed E-state index contributed by atoms with van der Waals surface area (Å²) in [6, 6.07) is 7.50. The summed E-state index contributed by atoms with van der Waals surface area (Å²) in [5.41, 5.74) is 0.585. The van der Waals surface area contributed by atoms with Crippen molar-refractivity contribution in [2.45, 2.75) is 26.9 Å². The molecule has 0 aliphatic carbocycles. The van der Waals surface area contributed by atoms with Gasteiger partial charge in [-0.25, -0.2) is 9.67 Å². The summed E-state index contributed by atoms with van der Waals surface area (Å²) < 4.78 is 1.43. The van der Waals surface area contributed by atoms with E-state index in [1.54, 1.807) is 13.8 Å². The predicted octanol–water partition coefficient (Wildman–Crippen LogP) is 1.73. The van der Waals surface area contributed by atoms with Crippen molar-refractivity contribution in [3.05, 3.63) is 42.5 Å². The van der Waals surface area contributed by atoms with E-state index < -0.39 is 11.6 Å². The Morgan fingerprint density at radius 3 is 2.52 bits per heavy atom. The molecule has 0 spiro atoms. The molecule has 1 unspecified atom stereocenters. The molecular formula is C15H16N4O2. The maximum absolute atomic E-state index is 12.7. The van der Waals surface area contributed by atoms with Crippen molar-refractivity contribution in [3.8, 4) is 0 Å². The van der Waals surface area contributed by atoms with Gasteiger partial charge < -0.3 is 0 Å². The van der Waals surface area contributed by atoms with Crippen LogP contribution in [0.25, 0.3) is 0 Å². The van der Waals surface area contributed by atoms with Gasteiger partial charge >= 0.3 is 0 Å². The van der Waals surface area contributed by atoms with Crippen LogP contribution >= 0.6 is 0 Å². The minimum absolute atomic E-state index is 0.179. The fourth-order valence-corrected chi connectivity index (χ4v) is 2.61. The van der Waals surface area contributed by atoms with Gasteiger partial charge in [0.1, 0.15) is 18.1 Å². The normalized spacial score (nSPS) is 21.1. The summed E-state index contributed by atoms with van der Waals surface area (Å²) >= 11 is 0. The van der Waals surface area contributed by atoms with Crippen LogP contribution in [0.3, 0.4) is 0 Å². The number of Topliss-reactive ketones (excluding diaryl/α,β-unsaturated/α-hetero) is 1. The summed E-state index contributed by atoms with van der Waals surface area (Å²) in [5, 5.41) is 4.04. The molecule has 6 heteroatoms. The lowest BCUT2D eigenvalue weighted by Gasteiger charge is -2.25. The molecule has 2 aromatic rings. The van der Waals surface area contributed by atoms with Crippen LogP contribution in [-0.4, -0.2) is 26.5 Å². The maximum Gasteiger partial charge on any atom is 0.242 e. The highest BCUT2D eigenvalue weighted by Gasteiger charge is 2.55. The molecule has 1 aromatic carbocycles. The Morgan fingerprint density at radius 1 is 1.19 bits per heavy atom. The molecule has 1 atom stereocenters. The van der Waals surface area contributed by atoms with E-state index in [4.69, 9.17) is 0 Å². The first-order valence-electron chi connectivity index (χ1n) is 6.72. The van der Waals surface area contributed by atoms with Gasteiger partial charge in [-0.15, -0.1) is 0 Å². The van der Waals surface area contributed by atoms with Crippen LogP contribution in [0.5, 0.6) is 0 Å². The molecule has 1 aliphatic rings. The van der Waals surface area contributed by atoms with Gasteiger partial charge in [-0.3, -0.25) is 14.5 Å². The molecule has 0 bridgehead atoms. The molecule has 0 radical (unpaired) electrons. The van der Waals surface area contributed by atoms with Crippen LogP contribution in [0.4, 0.5) is 5.69 Å². The van der Waals surface area contributed by atoms with Crippen LogP contribution in [-0.2, 0) is 9.59 Å². The topological polar surface area (TPSA) is 68.1 Å². The molecule has 1 saturated heterocycles. The van der Waals surface area contributed by atoms with Gasteiger partial charge in [-0.05, 0) is 32.4 Å². The lowest BCUT2D eigenvalue weighted by atomic mass is 9.90. The number of ketones is 1. The average Bonchev–Trinajstić information content (AvgIpc) is 3.02. The third-order valence-electron chi connectivity index (χ3n) is 3.91. The number of amides is 1. The summed E-state index contributed by atoms with van der Waals surface area (Å²) in [5.74, 6) is -0.399. The van der Waals surface area contributed by atoms with Gasteiger partial charge in [0.2, 0.25) is 5.91 Å². The Kier molecular flexibility index (Phi) is 2.90. The van der Waals surface area contributed by atoms with Crippen molar-refractivity contribution in [3.63, 3.8) is 0 Å². The molecule has 1 aliphatic heterocycles. The zero-order valence-corrected chi connectivity index (χ0v) is 12.1.